The van der Waals surface area contributed by atoms with E-state index in [0.717, 1.165) is 5.92 Å². The monoisotopic (exact) mass is 143 g/mol. The molecular weight excluding hydrogens is 122 g/mol. The van der Waals surface area contributed by atoms with Crippen molar-refractivity contribution in [3.8, 4) is 0 Å². The molecule has 0 unspecified atom stereocenters. The Labute approximate surface area is 65.0 Å². The summed E-state index contributed by atoms with van der Waals surface area (Å²) in [5.74, 6) is 0.940. The van der Waals surface area contributed by atoms with Crippen molar-refractivity contribution in [3.05, 3.63) is 0 Å². The minimum Gasteiger partial charge on any atom is -0.328 e. The van der Waals surface area contributed by atoms with E-state index in [4.69, 9.17) is 5.73 Å². The summed E-state index contributed by atoms with van der Waals surface area (Å²) in [6.07, 6.45) is 5.20. The minimum atomic E-state index is 0.520. The molecule has 0 amide bonds. The van der Waals surface area contributed by atoms with Gasteiger partial charge in [0.2, 0.25) is 0 Å². The molecule has 1 saturated carbocycles. The minimum absolute atomic E-state index is 0.520. The number of nitrogens with two attached hydrogens (primary N) is 1. The normalized spacial score (nSPS) is 32.4. The summed E-state index contributed by atoms with van der Waals surface area (Å²) in [5.41, 5.74) is 5.70. The maximum absolute atomic E-state index is 5.70. The molecule has 1 heteroatoms. The van der Waals surface area contributed by atoms with Crippen LogP contribution in [0.2, 0.25) is 0 Å². The molecule has 0 aromatic heterocycles. The van der Waals surface area contributed by atoms with Crippen molar-refractivity contribution >= 4 is 0 Å². The molecule has 0 heterocycles. The number of hydrogen-bond donors (Lipinski definition) is 1. The van der Waals surface area contributed by atoms with Crippen LogP contribution >= 0.6 is 0 Å². The van der Waals surface area contributed by atoms with Crippen molar-refractivity contribution in [3.63, 3.8) is 0 Å². The molecule has 1 aliphatic carbocycles. The van der Waals surface area contributed by atoms with Gasteiger partial charge < -0.3 is 5.73 Å². The third-order valence-corrected chi connectivity index (χ3v) is 2.06. The molecule has 0 aliphatic heterocycles. The van der Waals surface area contributed by atoms with Crippen LogP contribution in [0.25, 0.3) is 0 Å². The van der Waals surface area contributed by atoms with Crippen LogP contribution in [0, 0.1) is 5.92 Å². The van der Waals surface area contributed by atoms with Gasteiger partial charge in [0.1, 0.15) is 0 Å². The van der Waals surface area contributed by atoms with Gasteiger partial charge in [0.15, 0.2) is 0 Å². The van der Waals surface area contributed by atoms with E-state index in [1.54, 1.807) is 0 Å². The van der Waals surface area contributed by atoms with E-state index >= 15 is 0 Å². The molecule has 1 nitrogen and oxygen atoms in total. The maximum Gasteiger partial charge on any atom is 0.00390 e. The van der Waals surface area contributed by atoms with Gasteiger partial charge >= 0.3 is 0 Å². The highest BCUT2D eigenvalue weighted by Gasteiger charge is 2.13. The molecule has 10 heavy (non-hydrogen) atoms. The fourth-order valence-electron chi connectivity index (χ4n) is 1.29. The summed E-state index contributed by atoms with van der Waals surface area (Å²) in [6.45, 7) is 6.31. The van der Waals surface area contributed by atoms with Gasteiger partial charge in [-0.1, -0.05) is 20.8 Å². The van der Waals surface area contributed by atoms with Gasteiger partial charge in [0, 0.05) is 6.04 Å². The lowest BCUT2D eigenvalue weighted by molar-refractivity contribution is 0.348. The third-order valence-electron chi connectivity index (χ3n) is 2.06. The van der Waals surface area contributed by atoms with Crippen molar-refractivity contribution in [2.45, 2.75) is 52.5 Å². The molecule has 0 bridgehead atoms. The molecule has 62 valence electrons. The van der Waals surface area contributed by atoms with E-state index < -0.39 is 0 Å². The van der Waals surface area contributed by atoms with Crippen molar-refractivity contribution in [2.24, 2.45) is 11.7 Å². The van der Waals surface area contributed by atoms with Crippen LogP contribution in [0.1, 0.15) is 46.5 Å². The predicted molar refractivity (Wildman–Crippen MR) is 47.0 cm³/mol. The first-order valence-corrected chi connectivity index (χ1v) is 4.54. The van der Waals surface area contributed by atoms with Gasteiger partial charge in [-0.15, -0.1) is 0 Å². The van der Waals surface area contributed by atoms with Gasteiger partial charge in [-0.2, -0.15) is 0 Å². The van der Waals surface area contributed by atoms with Crippen molar-refractivity contribution in [2.75, 3.05) is 0 Å². The fraction of sp³-hybridized carbons (Fsp3) is 1.00. The summed E-state index contributed by atoms with van der Waals surface area (Å²) < 4.78 is 0. The molecule has 1 rings (SSSR count). The second kappa shape index (κ2) is 5.72. The van der Waals surface area contributed by atoms with Gasteiger partial charge in [-0.05, 0) is 31.6 Å². The Hall–Kier alpha value is -0.0400. The molecule has 0 atom stereocenters. The first-order valence-electron chi connectivity index (χ1n) is 4.54. The Morgan fingerprint density at radius 3 is 1.70 bits per heavy atom. The maximum atomic E-state index is 5.70. The summed E-state index contributed by atoms with van der Waals surface area (Å²) in [5, 5.41) is 0. The Morgan fingerprint density at radius 2 is 1.40 bits per heavy atom. The molecule has 0 saturated heterocycles. The second-order valence-corrected chi connectivity index (χ2v) is 3.02. The topological polar surface area (TPSA) is 26.0 Å². The lowest BCUT2D eigenvalue weighted by atomic mass is 9.88. The van der Waals surface area contributed by atoms with Crippen LogP contribution in [0.4, 0.5) is 0 Å². The van der Waals surface area contributed by atoms with E-state index in [-0.39, 0.29) is 0 Å². The van der Waals surface area contributed by atoms with Gasteiger partial charge in [0.25, 0.3) is 0 Å². The fourth-order valence-corrected chi connectivity index (χ4v) is 1.29. The quantitative estimate of drug-likeness (QED) is 0.554. The number of rotatable bonds is 0. The molecule has 0 spiro atoms. The van der Waals surface area contributed by atoms with Gasteiger partial charge in [0.05, 0.1) is 0 Å². The predicted octanol–water partition coefficient (Wildman–Crippen LogP) is 2.55. The number of hydrogen-bond acceptors (Lipinski definition) is 1. The summed E-state index contributed by atoms with van der Waals surface area (Å²) in [4.78, 5) is 0. The first-order chi connectivity index (χ1) is 4.79. The Bertz CT molecular complexity index is 53.1. The molecule has 0 aromatic rings. The van der Waals surface area contributed by atoms with Crippen LogP contribution in [0.15, 0.2) is 0 Å². The van der Waals surface area contributed by atoms with Gasteiger partial charge in [-0.3, -0.25) is 0 Å². The van der Waals surface area contributed by atoms with Crippen LogP contribution in [0.3, 0.4) is 0 Å². The van der Waals surface area contributed by atoms with E-state index in [1.165, 1.54) is 25.7 Å². The van der Waals surface area contributed by atoms with E-state index in [0.29, 0.717) is 6.04 Å². The van der Waals surface area contributed by atoms with Crippen LogP contribution < -0.4 is 5.73 Å². The van der Waals surface area contributed by atoms with Crippen molar-refractivity contribution in [1.82, 2.24) is 0 Å². The lowest BCUT2D eigenvalue weighted by Gasteiger charge is -2.22. The Morgan fingerprint density at radius 1 is 1.00 bits per heavy atom. The van der Waals surface area contributed by atoms with Crippen LogP contribution in [0.5, 0.6) is 0 Å². The average Bonchev–Trinajstić information content (AvgIpc) is 2.00. The zero-order chi connectivity index (χ0) is 7.98. The molecular formula is C9H21N. The van der Waals surface area contributed by atoms with Gasteiger partial charge in [-0.25, -0.2) is 0 Å². The summed E-state index contributed by atoms with van der Waals surface area (Å²) >= 11 is 0. The zero-order valence-corrected chi connectivity index (χ0v) is 7.56. The van der Waals surface area contributed by atoms with Crippen molar-refractivity contribution < 1.29 is 0 Å². The second-order valence-electron chi connectivity index (χ2n) is 3.02. The third kappa shape index (κ3) is 3.89. The molecule has 0 radical (unpaired) electrons. The van der Waals surface area contributed by atoms with Crippen molar-refractivity contribution in [1.29, 1.82) is 0 Å². The van der Waals surface area contributed by atoms with E-state index in [2.05, 4.69) is 6.92 Å². The highest BCUT2D eigenvalue weighted by atomic mass is 14.6. The summed E-state index contributed by atoms with van der Waals surface area (Å²) in [7, 11) is 0. The zero-order valence-electron chi connectivity index (χ0n) is 7.56. The molecule has 1 aliphatic rings. The first kappa shape index (κ1) is 9.96. The largest absolute Gasteiger partial charge is 0.328 e. The highest BCUT2D eigenvalue weighted by molar-refractivity contribution is 4.70. The van der Waals surface area contributed by atoms with Crippen LogP contribution in [-0.2, 0) is 0 Å². The Kier molecular flexibility index (Phi) is 5.70. The van der Waals surface area contributed by atoms with Crippen LogP contribution in [-0.4, -0.2) is 6.04 Å². The smallest absolute Gasteiger partial charge is 0.00390 e. The molecule has 0 aromatic carbocycles. The summed E-state index contributed by atoms with van der Waals surface area (Å²) in [6, 6.07) is 0.520. The van der Waals surface area contributed by atoms with E-state index in [1.807, 2.05) is 13.8 Å². The average molecular weight is 143 g/mol. The standard InChI is InChI=1S/C7H15N.C2H6/c1-6-2-4-7(8)5-3-6;1-2/h6-7H,2-5,8H2,1H3;1-2H3. The molecule has 2 N–H and O–H groups in total. The lowest BCUT2D eigenvalue weighted by Crippen LogP contribution is -2.25. The molecule has 1 fully saturated rings. The van der Waals surface area contributed by atoms with E-state index in [9.17, 15) is 0 Å². The SMILES string of the molecule is CC.CC1CCC(N)CC1. The Balaban J connectivity index is 0.000000371. The highest BCUT2D eigenvalue weighted by Crippen LogP contribution is 2.21.